The molecule has 4 rings (SSSR count). The standard InChI is InChI=1S/2C17H25OSi.2ClH.Zr/c2*1-6-13-17(2,3)19(4,5)18-16-12-11-14-9-7-8-10-15(14)16;;;/h2*7-11,16H,6,13H2,1-5H3;2*1H;/q2*-1;;;+4/p-2/t2*16-;;;/m10.../s1. The molecule has 2 aliphatic rings. The van der Waals surface area contributed by atoms with Crippen molar-refractivity contribution in [3.63, 3.8) is 0 Å². The van der Waals surface area contributed by atoms with Crippen molar-refractivity contribution in [2.75, 3.05) is 0 Å². The normalized spacial score (nSPS) is 17.3. The number of benzene rings is 2. The van der Waals surface area contributed by atoms with E-state index in [9.17, 15) is 0 Å². The summed E-state index contributed by atoms with van der Waals surface area (Å²) in [5.74, 6) is 0. The second-order valence-electron chi connectivity index (χ2n) is 13.2. The van der Waals surface area contributed by atoms with Crippen molar-refractivity contribution in [3.8, 4) is 0 Å². The van der Waals surface area contributed by atoms with Gasteiger partial charge in [-0.15, -0.1) is 23.3 Å². The first-order chi connectivity index (χ1) is 17.7. The third-order valence-corrected chi connectivity index (χ3v) is 17.8. The van der Waals surface area contributed by atoms with Crippen molar-refractivity contribution in [2.24, 2.45) is 0 Å². The van der Waals surface area contributed by atoms with Gasteiger partial charge in [0.2, 0.25) is 0 Å². The Bertz CT molecular complexity index is 1060. The molecule has 2 aromatic carbocycles. The van der Waals surface area contributed by atoms with Crippen LogP contribution in [0.25, 0.3) is 12.2 Å². The third-order valence-electron chi connectivity index (χ3n) is 9.17. The molecule has 0 saturated carbocycles. The molecule has 2 aromatic rings. The van der Waals surface area contributed by atoms with Crippen LogP contribution in [0.2, 0.25) is 36.3 Å². The summed E-state index contributed by atoms with van der Waals surface area (Å²) in [5.41, 5.74) is 5.06. The molecular formula is C34H50Cl2O2Si2Zr. The number of halogens is 2. The van der Waals surface area contributed by atoms with Gasteiger partial charge >= 0.3 is 26.2 Å². The molecule has 41 heavy (non-hydrogen) atoms. The largest absolute Gasteiger partial charge is 4.00 e. The maximum absolute atomic E-state index is 6.54. The second kappa shape index (κ2) is 16.7. The van der Waals surface area contributed by atoms with Gasteiger partial charge in [0, 0.05) is 0 Å². The van der Waals surface area contributed by atoms with Crippen molar-refractivity contribution in [3.05, 3.63) is 82.9 Å². The number of hydrogen-bond acceptors (Lipinski definition) is 2. The van der Waals surface area contributed by atoms with E-state index in [0.29, 0.717) is 10.1 Å². The van der Waals surface area contributed by atoms with E-state index >= 15 is 0 Å². The van der Waals surface area contributed by atoms with Gasteiger partial charge in [-0.3, -0.25) is 0 Å². The molecule has 2 atom stereocenters. The van der Waals surface area contributed by atoms with Gasteiger partial charge in [-0.05, 0) is 61.3 Å². The van der Waals surface area contributed by atoms with E-state index in [2.05, 4.69) is 141 Å². The van der Waals surface area contributed by atoms with Gasteiger partial charge in [0.05, 0.1) is 0 Å². The Balaban J connectivity index is 0.000000727. The summed E-state index contributed by atoms with van der Waals surface area (Å²) < 4.78 is 13.1. The predicted molar refractivity (Wildman–Crippen MR) is 169 cm³/mol. The molecule has 224 valence electrons. The van der Waals surface area contributed by atoms with E-state index in [-0.39, 0.29) is 63.2 Å². The minimum Gasteiger partial charge on any atom is -1.00 e. The summed E-state index contributed by atoms with van der Waals surface area (Å²) in [7, 11) is -3.54. The zero-order valence-electron chi connectivity index (χ0n) is 26.8. The van der Waals surface area contributed by atoms with Gasteiger partial charge in [-0.1, -0.05) is 90.8 Å². The zero-order valence-corrected chi connectivity index (χ0v) is 32.8. The van der Waals surface area contributed by atoms with Crippen LogP contribution in [-0.4, -0.2) is 16.6 Å². The summed E-state index contributed by atoms with van der Waals surface area (Å²) in [6, 6.07) is 16.9. The molecule has 0 radical (unpaired) electrons. The maximum Gasteiger partial charge on any atom is 4.00 e. The summed E-state index contributed by atoms with van der Waals surface area (Å²) in [6.07, 6.45) is 15.9. The van der Waals surface area contributed by atoms with Crippen LogP contribution in [0.15, 0.2) is 48.5 Å². The van der Waals surface area contributed by atoms with Gasteiger partial charge in [0.15, 0.2) is 16.6 Å². The Kier molecular flexibility index (Phi) is 16.6. The SMILES string of the molecule is CCCC(C)(C)[Si](C)(C)O[C@@H]1[C-]=Cc2ccccc21.CCCC(C)(C)[Si](C)(C)O[C@H]1[C-]=Cc2ccccc21.[Cl-].[Cl-].[Zr+4]. The number of rotatable bonds is 10. The van der Waals surface area contributed by atoms with Crippen molar-refractivity contribution in [1.29, 1.82) is 0 Å². The molecule has 0 aromatic heterocycles. The van der Waals surface area contributed by atoms with Crippen molar-refractivity contribution in [1.82, 2.24) is 0 Å². The summed E-state index contributed by atoms with van der Waals surface area (Å²) >= 11 is 0. The first kappa shape index (κ1) is 40.7. The van der Waals surface area contributed by atoms with Gasteiger partial charge in [-0.25, -0.2) is 24.3 Å². The molecule has 2 aliphatic carbocycles. The van der Waals surface area contributed by atoms with Crippen molar-refractivity contribution < 1.29 is 59.9 Å². The van der Waals surface area contributed by atoms with Crippen LogP contribution in [0.1, 0.15) is 102 Å². The molecular weight excluding hydrogens is 659 g/mol. The summed E-state index contributed by atoms with van der Waals surface area (Å²) in [4.78, 5) is 0. The fourth-order valence-electron chi connectivity index (χ4n) is 5.23. The summed E-state index contributed by atoms with van der Waals surface area (Å²) in [5, 5.41) is 0.585. The topological polar surface area (TPSA) is 18.5 Å². The number of hydrogen-bond donors (Lipinski definition) is 0. The fraction of sp³-hybridized carbons (Fsp3) is 0.529. The van der Waals surface area contributed by atoms with Crippen molar-refractivity contribution >= 4 is 28.8 Å². The smallest absolute Gasteiger partial charge is 1.00 e. The van der Waals surface area contributed by atoms with Gasteiger partial charge in [-0.2, -0.15) is 11.1 Å². The van der Waals surface area contributed by atoms with Gasteiger partial charge in [0.25, 0.3) is 0 Å². The molecule has 0 bridgehead atoms. The molecule has 0 fully saturated rings. The zero-order chi connectivity index (χ0) is 28.2. The fourth-order valence-corrected chi connectivity index (χ4v) is 9.14. The van der Waals surface area contributed by atoms with E-state index in [4.69, 9.17) is 8.85 Å². The van der Waals surface area contributed by atoms with Crippen LogP contribution in [0, 0.1) is 12.2 Å². The quantitative estimate of drug-likeness (QED) is 0.263. The first-order valence-electron chi connectivity index (χ1n) is 14.5. The monoisotopic (exact) mass is 706 g/mol. The van der Waals surface area contributed by atoms with E-state index in [1.165, 1.54) is 47.9 Å². The molecule has 7 heteroatoms. The molecule has 0 heterocycles. The Morgan fingerprint density at radius 2 is 0.951 bits per heavy atom. The average molecular weight is 709 g/mol. The first-order valence-corrected chi connectivity index (χ1v) is 20.3. The third kappa shape index (κ3) is 9.87. The van der Waals surface area contributed by atoms with Crippen LogP contribution in [0.5, 0.6) is 0 Å². The minimum absolute atomic E-state index is 0. The van der Waals surface area contributed by atoms with Crippen LogP contribution in [0.3, 0.4) is 0 Å². The molecule has 0 N–H and O–H groups in total. The van der Waals surface area contributed by atoms with E-state index in [1.54, 1.807) is 0 Å². The minimum atomic E-state index is -1.77. The summed E-state index contributed by atoms with van der Waals surface area (Å²) in [6.45, 7) is 23.3. The van der Waals surface area contributed by atoms with Crippen molar-refractivity contribution in [2.45, 2.75) is 116 Å². The molecule has 0 saturated heterocycles. The second-order valence-corrected chi connectivity index (χ2v) is 22.4. The van der Waals surface area contributed by atoms with E-state index in [0.717, 1.165) is 0 Å². The van der Waals surface area contributed by atoms with Crippen LogP contribution >= 0.6 is 0 Å². The van der Waals surface area contributed by atoms with Gasteiger partial charge < -0.3 is 33.7 Å². The molecule has 0 amide bonds. The number of fused-ring (bicyclic) bond motifs is 2. The van der Waals surface area contributed by atoms with Crippen LogP contribution in [0.4, 0.5) is 0 Å². The van der Waals surface area contributed by atoms with Crippen LogP contribution in [-0.2, 0) is 35.1 Å². The molecule has 0 unspecified atom stereocenters. The Labute approximate surface area is 285 Å². The Morgan fingerprint density at radius 1 is 0.634 bits per heavy atom. The maximum atomic E-state index is 6.54. The van der Waals surface area contributed by atoms with E-state index < -0.39 is 16.6 Å². The Morgan fingerprint density at radius 3 is 1.27 bits per heavy atom. The van der Waals surface area contributed by atoms with E-state index in [1.807, 2.05) is 0 Å². The molecule has 0 aliphatic heterocycles. The predicted octanol–water partition coefficient (Wildman–Crippen LogP) is 4.72. The molecule has 2 nitrogen and oxygen atoms in total. The molecule has 0 spiro atoms. The Hall–Kier alpha value is -0.263. The average Bonchev–Trinajstić information content (AvgIpc) is 3.43. The van der Waals surface area contributed by atoms with Gasteiger partial charge in [0.1, 0.15) is 0 Å². The van der Waals surface area contributed by atoms with Crippen LogP contribution < -0.4 is 24.8 Å².